The van der Waals surface area contributed by atoms with Crippen molar-refractivity contribution in [3.8, 4) is 0 Å². The zero-order valence-corrected chi connectivity index (χ0v) is 14.4. The minimum atomic E-state index is -0.0465. The van der Waals surface area contributed by atoms with Crippen LogP contribution >= 0.6 is 0 Å². The highest BCUT2D eigenvalue weighted by atomic mass is 16.5. The molecule has 1 aliphatic carbocycles. The second-order valence-corrected chi connectivity index (χ2v) is 6.65. The van der Waals surface area contributed by atoms with E-state index in [1.165, 1.54) is 12.8 Å². The Bertz CT molecular complexity index is 756. The predicted molar refractivity (Wildman–Crippen MR) is 92.4 cm³/mol. The van der Waals surface area contributed by atoms with Crippen LogP contribution in [-0.2, 0) is 16.1 Å². The number of carbonyl (C=O) groups excluding carboxylic acids is 1. The fraction of sp³-hybridized carbons (Fsp3) is 0.500. The number of benzene rings is 1. The molecule has 1 aromatic heterocycles. The van der Waals surface area contributed by atoms with Crippen molar-refractivity contribution in [3.63, 3.8) is 0 Å². The molecule has 2 aromatic rings. The highest BCUT2D eigenvalue weighted by molar-refractivity contribution is 5.98. The second kappa shape index (κ2) is 6.84. The molecular formula is C18H22N4O3. The lowest BCUT2D eigenvalue weighted by molar-refractivity contribution is -0.123. The summed E-state index contributed by atoms with van der Waals surface area (Å²) in [5.41, 5.74) is 2.11. The molecule has 1 fully saturated rings. The number of hydrogen-bond donors (Lipinski definition) is 0. The predicted octanol–water partition coefficient (Wildman–Crippen LogP) is 2.16. The van der Waals surface area contributed by atoms with Crippen LogP contribution in [0.4, 0.5) is 11.4 Å². The normalized spacial score (nSPS) is 16.8. The van der Waals surface area contributed by atoms with E-state index in [4.69, 9.17) is 9.26 Å². The molecule has 0 bridgehead atoms. The summed E-state index contributed by atoms with van der Waals surface area (Å²) in [6.07, 6.45) is 2.65. The van der Waals surface area contributed by atoms with Gasteiger partial charge in [-0.25, -0.2) is 0 Å². The average molecular weight is 342 g/mol. The van der Waals surface area contributed by atoms with Crippen LogP contribution in [0.25, 0.3) is 0 Å². The molecule has 0 radical (unpaired) electrons. The summed E-state index contributed by atoms with van der Waals surface area (Å²) in [7, 11) is 0. The first-order valence-corrected chi connectivity index (χ1v) is 8.72. The first-order chi connectivity index (χ1) is 12.2. The molecule has 4 rings (SSSR count). The molecule has 0 atom stereocenters. The van der Waals surface area contributed by atoms with E-state index in [-0.39, 0.29) is 19.1 Å². The molecule has 1 aromatic carbocycles. The number of aryl methyl sites for hydroxylation is 1. The van der Waals surface area contributed by atoms with E-state index in [0.29, 0.717) is 18.3 Å². The van der Waals surface area contributed by atoms with Gasteiger partial charge in [-0.1, -0.05) is 17.3 Å². The summed E-state index contributed by atoms with van der Waals surface area (Å²) < 4.78 is 10.5. The average Bonchev–Trinajstić information content (AvgIpc) is 3.34. The van der Waals surface area contributed by atoms with Crippen LogP contribution in [-0.4, -0.2) is 42.3 Å². The number of para-hydroxylation sites is 2. The summed E-state index contributed by atoms with van der Waals surface area (Å²) in [5.74, 6) is 1.72. The van der Waals surface area contributed by atoms with Gasteiger partial charge in [0.25, 0.3) is 11.8 Å². The van der Waals surface area contributed by atoms with E-state index in [9.17, 15) is 4.79 Å². The van der Waals surface area contributed by atoms with Gasteiger partial charge >= 0.3 is 0 Å². The highest BCUT2D eigenvalue weighted by Gasteiger charge is 2.30. The van der Waals surface area contributed by atoms with Gasteiger partial charge < -0.3 is 19.1 Å². The van der Waals surface area contributed by atoms with E-state index < -0.39 is 0 Å². The Morgan fingerprint density at radius 1 is 1.28 bits per heavy atom. The van der Waals surface area contributed by atoms with Crippen LogP contribution in [0.3, 0.4) is 0 Å². The van der Waals surface area contributed by atoms with E-state index >= 15 is 0 Å². The molecule has 7 nitrogen and oxygen atoms in total. The fourth-order valence-corrected chi connectivity index (χ4v) is 3.18. The molecule has 1 aliphatic heterocycles. The number of hydrogen-bond acceptors (Lipinski definition) is 6. The Morgan fingerprint density at radius 2 is 2.08 bits per heavy atom. The molecule has 0 N–H and O–H groups in total. The van der Waals surface area contributed by atoms with Crippen LogP contribution in [0.1, 0.15) is 24.6 Å². The number of rotatable bonds is 6. The van der Waals surface area contributed by atoms with Gasteiger partial charge in [0.2, 0.25) is 0 Å². The van der Waals surface area contributed by atoms with Crippen molar-refractivity contribution in [1.29, 1.82) is 0 Å². The fourth-order valence-electron chi connectivity index (χ4n) is 3.18. The van der Waals surface area contributed by atoms with Gasteiger partial charge in [0.05, 0.1) is 11.4 Å². The molecule has 0 spiro atoms. The monoisotopic (exact) mass is 342 g/mol. The Balaban J connectivity index is 1.39. The molecule has 7 heteroatoms. The minimum absolute atomic E-state index is 0.00160. The SMILES string of the molecule is Cc1noc(COCC(=O)N2CCN(CC3CC3)c3ccccc32)n1. The number of anilines is 2. The number of fused-ring (bicyclic) bond motifs is 1. The maximum absolute atomic E-state index is 12.6. The van der Waals surface area contributed by atoms with Crippen molar-refractivity contribution < 1.29 is 14.1 Å². The van der Waals surface area contributed by atoms with Gasteiger partial charge in [-0.3, -0.25) is 4.79 Å². The van der Waals surface area contributed by atoms with Crippen molar-refractivity contribution in [2.24, 2.45) is 5.92 Å². The molecule has 2 aliphatic rings. The number of ether oxygens (including phenoxy) is 1. The lowest BCUT2D eigenvalue weighted by atomic mass is 10.1. The first-order valence-electron chi connectivity index (χ1n) is 8.72. The largest absolute Gasteiger partial charge is 0.368 e. The third-order valence-electron chi connectivity index (χ3n) is 4.60. The molecule has 1 amide bonds. The number of carbonyl (C=O) groups is 1. The minimum Gasteiger partial charge on any atom is -0.368 e. The van der Waals surface area contributed by atoms with Gasteiger partial charge in [-0.05, 0) is 37.8 Å². The van der Waals surface area contributed by atoms with Crippen molar-refractivity contribution in [3.05, 3.63) is 36.0 Å². The Kier molecular flexibility index (Phi) is 4.40. The first kappa shape index (κ1) is 16.1. The van der Waals surface area contributed by atoms with Crippen LogP contribution in [0.5, 0.6) is 0 Å². The summed E-state index contributed by atoms with van der Waals surface area (Å²) >= 11 is 0. The third-order valence-corrected chi connectivity index (χ3v) is 4.60. The molecule has 2 heterocycles. The van der Waals surface area contributed by atoms with E-state index in [1.807, 2.05) is 23.1 Å². The lowest BCUT2D eigenvalue weighted by Gasteiger charge is -2.37. The van der Waals surface area contributed by atoms with E-state index in [0.717, 1.165) is 30.4 Å². The van der Waals surface area contributed by atoms with Gasteiger partial charge in [0, 0.05) is 19.6 Å². The molecular weight excluding hydrogens is 320 g/mol. The Labute approximate surface area is 146 Å². The zero-order valence-electron chi connectivity index (χ0n) is 14.4. The number of amides is 1. The summed E-state index contributed by atoms with van der Waals surface area (Å²) in [6, 6.07) is 8.11. The van der Waals surface area contributed by atoms with Crippen LogP contribution in [0, 0.1) is 12.8 Å². The summed E-state index contributed by atoms with van der Waals surface area (Å²) in [4.78, 5) is 20.9. The van der Waals surface area contributed by atoms with Crippen molar-refractivity contribution in [2.75, 3.05) is 36.0 Å². The maximum atomic E-state index is 12.6. The van der Waals surface area contributed by atoms with E-state index in [2.05, 4.69) is 21.1 Å². The molecule has 1 saturated carbocycles. The third kappa shape index (κ3) is 3.66. The molecule has 0 unspecified atom stereocenters. The second-order valence-electron chi connectivity index (χ2n) is 6.65. The van der Waals surface area contributed by atoms with Gasteiger partial charge in [-0.2, -0.15) is 4.98 Å². The molecule has 0 saturated heterocycles. The van der Waals surface area contributed by atoms with Gasteiger partial charge in [0.15, 0.2) is 5.82 Å². The van der Waals surface area contributed by atoms with Crippen LogP contribution in [0.15, 0.2) is 28.8 Å². The van der Waals surface area contributed by atoms with Crippen LogP contribution < -0.4 is 9.80 Å². The number of nitrogens with zero attached hydrogens (tertiary/aromatic N) is 4. The standard InChI is InChI=1S/C18H22N4O3/c1-13-19-17(25-20-13)11-24-12-18(23)22-9-8-21(10-14-6-7-14)15-4-2-3-5-16(15)22/h2-5,14H,6-12H2,1H3. The Morgan fingerprint density at radius 3 is 2.80 bits per heavy atom. The number of aromatic nitrogens is 2. The maximum Gasteiger partial charge on any atom is 0.253 e. The van der Waals surface area contributed by atoms with Gasteiger partial charge in [0.1, 0.15) is 13.2 Å². The smallest absolute Gasteiger partial charge is 0.253 e. The van der Waals surface area contributed by atoms with Crippen molar-refractivity contribution >= 4 is 17.3 Å². The van der Waals surface area contributed by atoms with Crippen LogP contribution in [0.2, 0.25) is 0 Å². The summed E-state index contributed by atoms with van der Waals surface area (Å²) in [6.45, 7) is 4.53. The van der Waals surface area contributed by atoms with Gasteiger partial charge in [-0.15, -0.1) is 0 Å². The van der Waals surface area contributed by atoms with Crippen molar-refractivity contribution in [2.45, 2.75) is 26.4 Å². The zero-order chi connectivity index (χ0) is 17.2. The topological polar surface area (TPSA) is 71.7 Å². The Hall–Kier alpha value is -2.41. The van der Waals surface area contributed by atoms with E-state index in [1.54, 1.807) is 6.92 Å². The molecule has 25 heavy (non-hydrogen) atoms. The summed E-state index contributed by atoms with van der Waals surface area (Å²) in [5, 5.41) is 3.70. The quantitative estimate of drug-likeness (QED) is 0.801. The lowest BCUT2D eigenvalue weighted by Crippen LogP contribution is -2.46. The van der Waals surface area contributed by atoms with Crippen molar-refractivity contribution in [1.82, 2.24) is 10.1 Å². The molecule has 132 valence electrons. The highest BCUT2D eigenvalue weighted by Crippen LogP contribution is 2.37.